The van der Waals surface area contributed by atoms with E-state index in [-0.39, 0.29) is 5.82 Å². The summed E-state index contributed by atoms with van der Waals surface area (Å²) in [5.74, 6) is -0.0819. The lowest BCUT2D eigenvalue weighted by Gasteiger charge is -2.02. The van der Waals surface area contributed by atoms with Gasteiger partial charge in [-0.25, -0.2) is 4.39 Å². The van der Waals surface area contributed by atoms with E-state index in [4.69, 9.17) is 0 Å². The zero-order valence-electron chi connectivity index (χ0n) is 7.11. The first kappa shape index (κ1) is 9.72. The van der Waals surface area contributed by atoms with Gasteiger partial charge in [0.25, 0.3) is 0 Å². The van der Waals surface area contributed by atoms with Crippen molar-refractivity contribution in [3.8, 4) is 0 Å². The lowest BCUT2D eigenvalue weighted by atomic mass is 10.1. The van der Waals surface area contributed by atoms with Crippen LogP contribution in [0.3, 0.4) is 0 Å². The second-order valence-corrected chi connectivity index (χ2v) is 3.68. The standard InChI is InChI=1S/C10H12BrF/c1-8-4-5-10(12)9(7-8)3-2-6-11/h4-5,7H,2-3,6H2,1H3. The van der Waals surface area contributed by atoms with Gasteiger partial charge >= 0.3 is 0 Å². The van der Waals surface area contributed by atoms with Crippen molar-refractivity contribution in [2.45, 2.75) is 19.8 Å². The Hall–Kier alpha value is -0.370. The summed E-state index contributed by atoms with van der Waals surface area (Å²) in [6, 6.07) is 5.25. The van der Waals surface area contributed by atoms with E-state index < -0.39 is 0 Å². The molecule has 0 heterocycles. The minimum absolute atomic E-state index is 0.0819. The number of alkyl halides is 1. The molecule has 2 heteroatoms. The fourth-order valence-electron chi connectivity index (χ4n) is 1.15. The third kappa shape index (κ3) is 2.59. The minimum atomic E-state index is -0.0819. The van der Waals surface area contributed by atoms with Crippen LogP contribution in [-0.4, -0.2) is 5.33 Å². The molecule has 0 spiro atoms. The average molecular weight is 231 g/mol. The monoisotopic (exact) mass is 230 g/mol. The second-order valence-electron chi connectivity index (χ2n) is 2.89. The quantitative estimate of drug-likeness (QED) is 0.699. The first-order valence-corrected chi connectivity index (χ1v) is 5.17. The molecule has 0 unspecified atom stereocenters. The van der Waals surface area contributed by atoms with Crippen molar-refractivity contribution < 1.29 is 4.39 Å². The average Bonchev–Trinajstić information content (AvgIpc) is 2.07. The smallest absolute Gasteiger partial charge is 0.126 e. The van der Waals surface area contributed by atoms with Crippen LogP contribution >= 0.6 is 15.9 Å². The van der Waals surface area contributed by atoms with Crippen molar-refractivity contribution in [2.24, 2.45) is 0 Å². The molecule has 0 aliphatic carbocycles. The van der Waals surface area contributed by atoms with E-state index >= 15 is 0 Å². The molecule has 0 radical (unpaired) electrons. The third-order valence-electron chi connectivity index (χ3n) is 1.78. The van der Waals surface area contributed by atoms with E-state index in [1.165, 1.54) is 0 Å². The molecular weight excluding hydrogens is 219 g/mol. The van der Waals surface area contributed by atoms with E-state index in [0.717, 1.165) is 29.3 Å². The summed E-state index contributed by atoms with van der Waals surface area (Å²) in [7, 11) is 0. The van der Waals surface area contributed by atoms with Gasteiger partial charge in [0.1, 0.15) is 5.82 Å². The Bertz CT molecular complexity index is 258. The Labute approximate surface area is 80.9 Å². The fraction of sp³-hybridized carbons (Fsp3) is 0.400. The molecule has 0 N–H and O–H groups in total. The Kier molecular flexibility index (Phi) is 3.73. The molecule has 0 saturated carbocycles. The van der Waals surface area contributed by atoms with Gasteiger partial charge in [-0.1, -0.05) is 33.6 Å². The molecule has 1 aromatic rings. The van der Waals surface area contributed by atoms with Gasteiger partial charge in [-0.05, 0) is 31.4 Å². The number of hydrogen-bond donors (Lipinski definition) is 0. The number of hydrogen-bond acceptors (Lipinski definition) is 0. The molecule has 0 aliphatic heterocycles. The van der Waals surface area contributed by atoms with Crippen LogP contribution in [0.2, 0.25) is 0 Å². The maximum atomic E-state index is 13.1. The molecule has 1 rings (SSSR count). The van der Waals surface area contributed by atoms with Gasteiger partial charge in [0.2, 0.25) is 0 Å². The Morgan fingerprint density at radius 2 is 2.17 bits per heavy atom. The van der Waals surface area contributed by atoms with Crippen molar-refractivity contribution in [2.75, 3.05) is 5.33 Å². The van der Waals surface area contributed by atoms with Gasteiger partial charge in [-0.2, -0.15) is 0 Å². The van der Waals surface area contributed by atoms with Crippen LogP contribution in [-0.2, 0) is 6.42 Å². The van der Waals surface area contributed by atoms with Crippen molar-refractivity contribution in [1.82, 2.24) is 0 Å². The molecule has 0 atom stereocenters. The molecule has 0 saturated heterocycles. The van der Waals surface area contributed by atoms with E-state index in [0.29, 0.717) is 0 Å². The highest BCUT2D eigenvalue weighted by Gasteiger charge is 2.00. The lowest BCUT2D eigenvalue weighted by Crippen LogP contribution is -1.91. The van der Waals surface area contributed by atoms with Gasteiger partial charge in [0.15, 0.2) is 0 Å². The van der Waals surface area contributed by atoms with Gasteiger partial charge in [-0.3, -0.25) is 0 Å². The Morgan fingerprint density at radius 1 is 1.42 bits per heavy atom. The van der Waals surface area contributed by atoms with E-state index in [9.17, 15) is 4.39 Å². The predicted octanol–water partition coefficient (Wildman–Crippen LogP) is 3.46. The molecule has 0 nitrogen and oxygen atoms in total. The van der Waals surface area contributed by atoms with Crippen LogP contribution in [0.5, 0.6) is 0 Å². The lowest BCUT2D eigenvalue weighted by molar-refractivity contribution is 0.607. The van der Waals surface area contributed by atoms with Crippen molar-refractivity contribution in [3.05, 3.63) is 35.1 Å². The van der Waals surface area contributed by atoms with E-state index in [1.54, 1.807) is 12.1 Å². The first-order chi connectivity index (χ1) is 5.74. The highest BCUT2D eigenvalue weighted by atomic mass is 79.9. The minimum Gasteiger partial charge on any atom is -0.207 e. The van der Waals surface area contributed by atoms with Crippen molar-refractivity contribution in [1.29, 1.82) is 0 Å². The van der Waals surface area contributed by atoms with Gasteiger partial charge in [0, 0.05) is 5.33 Å². The summed E-state index contributed by atoms with van der Waals surface area (Å²) < 4.78 is 13.1. The Balaban J connectivity index is 2.75. The maximum Gasteiger partial charge on any atom is 0.126 e. The number of benzene rings is 1. The second kappa shape index (κ2) is 4.61. The topological polar surface area (TPSA) is 0 Å². The normalized spacial score (nSPS) is 10.2. The van der Waals surface area contributed by atoms with Gasteiger partial charge in [-0.15, -0.1) is 0 Å². The predicted molar refractivity (Wildman–Crippen MR) is 53.3 cm³/mol. The fourth-order valence-corrected chi connectivity index (χ4v) is 1.43. The third-order valence-corrected chi connectivity index (χ3v) is 2.34. The zero-order chi connectivity index (χ0) is 8.97. The molecule has 0 aromatic heterocycles. The summed E-state index contributed by atoms with van der Waals surface area (Å²) in [6.07, 6.45) is 1.80. The number of halogens is 2. The Morgan fingerprint density at radius 3 is 2.83 bits per heavy atom. The summed E-state index contributed by atoms with van der Waals surface area (Å²) >= 11 is 3.33. The van der Waals surface area contributed by atoms with Crippen LogP contribution in [0.25, 0.3) is 0 Å². The van der Waals surface area contributed by atoms with Gasteiger partial charge in [0.05, 0.1) is 0 Å². The summed E-state index contributed by atoms with van der Waals surface area (Å²) in [6.45, 7) is 1.98. The summed E-state index contributed by atoms with van der Waals surface area (Å²) in [5, 5.41) is 0.931. The largest absolute Gasteiger partial charge is 0.207 e. The summed E-state index contributed by atoms with van der Waals surface area (Å²) in [4.78, 5) is 0. The van der Waals surface area contributed by atoms with E-state index in [2.05, 4.69) is 15.9 Å². The molecule has 0 amide bonds. The van der Waals surface area contributed by atoms with Crippen LogP contribution in [0, 0.1) is 12.7 Å². The molecule has 1 aromatic carbocycles. The number of rotatable bonds is 3. The molecule has 12 heavy (non-hydrogen) atoms. The van der Waals surface area contributed by atoms with Gasteiger partial charge < -0.3 is 0 Å². The SMILES string of the molecule is Cc1ccc(F)c(CCCBr)c1. The van der Waals surface area contributed by atoms with Crippen LogP contribution in [0.1, 0.15) is 17.5 Å². The maximum absolute atomic E-state index is 13.1. The van der Waals surface area contributed by atoms with Crippen molar-refractivity contribution in [3.63, 3.8) is 0 Å². The molecule has 0 aliphatic rings. The highest BCUT2D eigenvalue weighted by Crippen LogP contribution is 2.12. The molecule has 0 bridgehead atoms. The van der Waals surface area contributed by atoms with Crippen LogP contribution in [0.4, 0.5) is 4.39 Å². The number of aryl methyl sites for hydroxylation is 2. The first-order valence-electron chi connectivity index (χ1n) is 4.05. The van der Waals surface area contributed by atoms with E-state index in [1.807, 2.05) is 13.0 Å². The molecule has 0 fully saturated rings. The summed E-state index contributed by atoms with van der Waals surface area (Å²) in [5.41, 5.74) is 1.95. The van der Waals surface area contributed by atoms with Crippen LogP contribution in [0.15, 0.2) is 18.2 Å². The molecular formula is C10H12BrF. The highest BCUT2D eigenvalue weighted by molar-refractivity contribution is 9.09. The molecule has 66 valence electrons. The van der Waals surface area contributed by atoms with Crippen LogP contribution < -0.4 is 0 Å². The van der Waals surface area contributed by atoms with Crippen molar-refractivity contribution >= 4 is 15.9 Å². The zero-order valence-corrected chi connectivity index (χ0v) is 8.70.